The Morgan fingerprint density at radius 3 is 2.50 bits per heavy atom. The number of ether oxygens (including phenoxy) is 2. The molecule has 1 atom stereocenters. The van der Waals surface area contributed by atoms with E-state index in [9.17, 15) is 4.79 Å². The molecule has 0 amide bonds. The highest BCUT2D eigenvalue weighted by atomic mass is 35.5. The Balaban J connectivity index is 1.99. The summed E-state index contributed by atoms with van der Waals surface area (Å²) in [5.74, 6) is 0.383. The minimum atomic E-state index is -0.963. The van der Waals surface area contributed by atoms with E-state index in [1.165, 1.54) is 6.20 Å². The Bertz CT molecular complexity index is 879. The second kappa shape index (κ2) is 8.25. The summed E-state index contributed by atoms with van der Waals surface area (Å²) in [5, 5.41) is 4.76. The zero-order valence-electron chi connectivity index (χ0n) is 13.8. The van der Waals surface area contributed by atoms with Crippen molar-refractivity contribution in [3.05, 3.63) is 70.3 Å². The zero-order valence-corrected chi connectivity index (χ0v) is 15.3. The maximum absolute atomic E-state index is 12.5. The number of rotatable bonds is 6. The molecule has 0 aliphatic carbocycles. The average Bonchev–Trinajstić information content (AvgIpc) is 3.16. The number of benzene rings is 2. The molecule has 2 aromatic carbocycles. The molecule has 134 valence electrons. The van der Waals surface area contributed by atoms with Crippen LogP contribution < -0.4 is 4.74 Å². The summed E-state index contributed by atoms with van der Waals surface area (Å²) in [7, 11) is 0. The Labute approximate surface area is 160 Å². The highest BCUT2D eigenvalue weighted by molar-refractivity contribution is 6.31. The summed E-state index contributed by atoms with van der Waals surface area (Å²) in [5.41, 5.74) is 1.20. The van der Waals surface area contributed by atoms with Gasteiger partial charge in [0.2, 0.25) is 6.10 Å². The molecule has 1 unspecified atom stereocenters. The number of halogens is 2. The molecule has 0 fully saturated rings. The molecule has 5 nitrogen and oxygen atoms in total. The van der Waals surface area contributed by atoms with E-state index in [1.807, 2.05) is 0 Å². The normalized spacial score (nSPS) is 11.8. The van der Waals surface area contributed by atoms with E-state index in [1.54, 1.807) is 55.5 Å². The summed E-state index contributed by atoms with van der Waals surface area (Å²) in [6.07, 6.45) is 0.553. The van der Waals surface area contributed by atoms with Crippen LogP contribution in [-0.2, 0) is 9.53 Å². The fourth-order valence-corrected chi connectivity index (χ4v) is 2.69. The molecule has 3 aromatic rings. The van der Waals surface area contributed by atoms with Gasteiger partial charge in [-0.3, -0.25) is 0 Å². The fourth-order valence-electron chi connectivity index (χ4n) is 2.39. The number of hydrogen-bond acceptors (Lipinski definition) is 5. The molecule has 0 aliphatic rings. The van der Waals surface area contributed by atoms with Crippen molar-refractivity contribution in [3.8, 4) is 17.1 Å². The molecular formula is C19H15Cl2NO4. The fraction of sp³-hybridized carbons (Fsp3) is 0.158. The molecule has 1 aromatic heterocycles. The van der Waals surface area contributed by atoms with Crippen LogP contribution in [0.15, 0.2) is 59.3 Å². The van der Waals surface area contributed by atoms with E-state index in [2.05, 4.69) is 5.16 Å². The van der Waals surface area contributed by atoms with Crippen molar-refractivity contribution < 1.29 is 18.8 Å². The topological polar surface area (TPSA) is 61.6 Å². The van der Waals surface area contributed by atoms with Crippen LogP contribution >= 0.6 is 23.2 Å². The third-order valence-electron chi connectivity index (χ3n) is 3.56. The first-order chi connectivity index (χ1) is 12.6. The largest absolute Gasteiger partial charge is 0.473 e. The average molecular weight is 392 g/mol. The molecule has 0 bridgehead atoms. The van der Waals surface area contributed by atoms with E-state index < -0.39 is 12.1 Å². The standard InChI is InChI=1S/C19H15Cl2NO4/c1-2-24-19(23)18(12-3-5-13(20)6-4-12)25-16-8-7-14(21)11-15(16)17-9-10-22-26-17/h3-11,18H,2H2,1H3. The first kappa shape index (κ1) is 18.3. The molecule has 1 heterocycles. The number of aromatic nitrogens is 1. The van der Waals surface area contributed by atoms with Crippen LogP contribution in [0.4, 0.5) is 0 Å². The Morgan fingerprint density at radius 1 is 1.12 bits per heavy atom. The van der Waals surface area contributed by atoms with Gasteiger partial charge in [0.05, 0.1) is 18.4 Å². The second-order valence-corrected chi connectivity index (χ2v) is 6.19. The lowest BCUT2D eigenvalue weighted by atomic mass is 10.1. The summed E-state index contributed by atoms with van der Waals surface area (Å²) >= 11 is 12.0. The van der Waals surface area contributed by atoms with E-state index in [0.29, 0.717) is 32.7 Å². The Kier molecular flexibility index (Phi) is 5.81. The minimum absolute atomic E-state index is 0.238. The van der Waals surface area contributed by atoms with Crippen LogP contribution in [0.1, 0.15) is 18.6 Å². The molecule has 0 aliphatic heterocycles. The summed E-state index contributed by atoms with van der Waals surface area (Å²) in [6.45, 7) is 1.97. The number of carbonyl (C=O) groups is 1. The molecule has 0 saturated carbocycles. The van der Waals surface area contributed by atoms with Crippen LogP contribution in [-0.4, -0.2) is 17.7 Å². The lowest BCUT2D eigenvalue weighted by Gasteiger charge is -2.19. The van der Waals surface area contributed by atoms with Crippen LogP contribution in [0.5, 0.6) is 5.75 Å². The van der Waals surface area contributed by atoms with Crippen molar-refractivity contribution in [2.75, 3.05) is 6.61 Å². The second-order valence-electron chi connectivity index (χ2n) is 5.32. The Hall–Kier alpha value is -2.50. The van der Waals surface area contributed by atoms with Gasteiger partial charge in [0.1, 0.15) is 5.75 Å². The molecule has 0 saturated heterocycles. The number of hydrogen-bond donors (Lipinski definition) is 0. The highest BCUT2D eigenvalue weighted by Gasteiger charge is 2.26. The Morgan fingerprint density at radius 2 is 1.85 bits per heavy atom. The van der Waals surface area contributed by atoms with Crippen LogP contribution in [0.25, 0.3) is 11.3 Å². The van der Waals surface area contributed by atoms with Gasteiger partial charge < -0.3 is 14.0 Å². The van der Waals surface area contributed by atoms with Crippen molar-refractivity contribution in [1.82, 2.24) is 5.16 Å². The van der Waals surface area contributed by atoms with Gasteiger partial charge in [-0.15, -0.1) is 0 Å². The highest BCUT2D eigenvalue weighted by Crippen LogP contribution is 2.35. The summed E-state index contributed by atoms with van der Waals surface area (Å²) < 4.78 is 16.4. The van der Waals surface area contributed by atoms with Gasteiger partial charge in [0.25, 0.3) is 0 Å². The molecule has 7 heteroatoms. The predicted octanol–water partition coefficient (Wildman–Crippen LogP) is 5.33. The smallest absolute Gasteiger partial charge is 0.352 e. The molecule has 0 spiro atoms. The van der Waals surface area contributed by atoms with Gasteiger partial charge in [0.15, 0.2) is 5.76 Å². The van der Waals surface area contributed by atoms with Crippen molar-refractivity contribution in [2.45, 2.75) is 13.0 Å². The van der Waals surface area contributed by atoms with Gasteiger partial charge in [-0.25, -0.2) is 4.79 Å². The molecular weight excluding hydrogens is 377 g/mol. The number of nitrogens with zero attached hydrogens (tertiary/aromatic N) is 1. The molecule has 0 radical (unpaired) electrons. The maximum Gasteiger partial charge on any atom is 0.352 e. The first-order valence-electron chi connectivity index (χ1n) is 7.88. The summed E-state index contributed by atoms with van der Waals surface area (Å²) in [4.78, 5) is 12.5. The third kappa shape index (κ3) is 4.18. The first-order valence-corrected chi connectivity index (χ1v) is 8.63. The third-order valence-corrected chi connectivity index (χ3v) is 4.05. The monoisotopic (exact) mass is 391 g/mol. The SMILES string of the molecule is CCOC(=O)C(Oc1ccc(Cl)cc1-c1ccno1)c1ccc(Cl)cc1. The number of carbonyl (C=O) groups excluding carboxylic acids is 1. The van der Waals surface area contributed by atoms with E-state index >= 15 is 0 Å². The summed E-state index contributed by atoms with van der Waals surface area (Å²) in [6, 6.07) is 13.5. The van der Waals surface area contributed by atoms with Gasteiger partial charge in [0, 0.05) is 21.7 Å². The number of esters is 1. The maximum atomic E-state index is 12.5. The van der Waals surface area contributed by atoms with Crippen LogP contribution in [0, 0.1) is 0 Å². The van der Waals surface area contributed by atoms with Crippen molar-refractivity contribution in [1.29, 1.82) is 0 Å². The van der Waals surface area contributed by atoms with Gasteiger partial charge >= 0.3 is 5.97 Å². The van der Waals surface area contributed by atoms with Crippen molar-refractivity contribution in [2.24, 2.45) is 0 Å². The molecule has 26 heavy (non-hydrogen) atoms. The van der Waals surface area contributed by atoms with E-state index in [0.717, 1.165) is 0 Å². The lowest BCUT2D eigenvalue weighted by Crippen LogP contribution is -2.21. The lowest BCUT2D eigenvalue weighted by molar-refractivity contribution is -0.151. The van der Waals surface area contributed by atoms with E-state index in [4.69, 9.17) is 37.2 Å². The molecule has 3 rings (SSSR count). The minimum Gasteiger partial charge on any atom is -0.473 e. The van der Waals surface area contributed by atoms with Crippen LogP contribution in [0.3, 0.4) is 0 Å². The quantitative estimate of drug-likeness (QED) is 0.531. The van der Waals surface area contributed by atoms with Gasteiger partial charge in [-0.2, -0.15) is 0 Å². The van der Waals surface area contributed by atoms with Crippen molar-refractivity contribution >= 4 is 29.2 Å². The van der Waals surface area contributed by atoms with Gasteiger partial charge in [-0.1, -0.05) is 40.5 Å². The molecule has 0 N–H and O–H groups in total. The van der Waals surface area contributed by atoms with Crippen molar-refractivity contribution in [3.63, 3.8) is 0 Å². The predicted molar refractivity (Wildman–Crippen MR) is 98.4 cm³/mol. The van der Waals surface area contributed by atoms with Gasteiger partial charge in [-0.05, 0) is 37.3 Å². The zero-order chi connectivity index (χ0) is 18.5. The van der Waals surface area contributed by atoms with Crippen LogP contribution in [0.2, 0.25) is 10.0 Å². The van der Waals surface area contributed by atoms with E-state index in [-0.39, 0.29) is 6.61 Å².